The van der Waals surface area contributed by atoms with E-state index in [1.165, 1.54) is 0 Å². The molecule has 16 heavy (non-hydrogen) atoms. The van der Waals surface area contributed by atoms with E-state index < -0.39 is 0 Å². The molecule has 3 aromatic rings. The molecule has 0 fully saturated rings. The molecule has 0 saturated heterocycles. The first-order chi connectivity index (χ1) is 7.88. The topological polar surface area (TPSA) is 53.9 Å². The molecule has 3 rings (SSSR count). The molecule has 0 atom stereocenters. The number of para-hydroxylation sites is 1. The smallest absolute Gasteiger partial charge is 0.294 e. The minimum atomic E-state index is 0.528. The summed E-state index contributed by atoms with van der Waals surface area (Å²) in [7, 11) is 1.78. The van der Waals surface area contributed by atoms with E-state index in [9.17, 15) is 0 Å². The maximum absolute atomic E-state index is 5.54. The minimum absolute atomic E-state index is 0.528. The highest BCUT2D eigenvalue weighted by Crippen LogP contribution is 2.29. The van der Waals surface area contributed by atoms with Gasteiger partial charge in [-0.15, -0.1) is 0 Å². The summed E-state index contributed by atoms with van der Waals surface area (Å²) in [6.07, 6.45) is 3.66. The Bertz CT molecular complexity index is 624. The van der Waals surface area contributed by atoms with Crippen LogP contribution in [0.1, 0.15) is 0 Å². The standard InChI is InChI=1S/C12H11N3O/c1-13-12-15-7-11(16-12)9-6-14-10-5-3-2-4-8(9)10/h2-7,14H,1H3,(H,13,15). The summed E-state index contributed by atoms with van der Waals surface area (Å²) >= 11 is 0. The van der Waals surface area contributed by atoms with Crippen molar-refractivity contribution in [3.63, 3.8) is 0 Å². The number of hydrogen-bond donors (Lipinski definition) is 2. The van der Waals surface area contributed by atoms with Crippen molar-refractivity contribution < 1.29 is 4.42 Å². The van der Waals surface area contributed by atoms with E-state index >= 15 is 0 Å². The Kier molecular flexibility index (Phi) is 1.93. The van der Waals surface area contributed by atoms with Crippen LogP contribution in [0.5, 0.6) is 0 Å². The Labute approximate surface area is 92.3 Å². The van der Waals surface area contributed by atoms with Crippen LogP contribution in [-0.4, -0.2) is 17.0 Å². The number of benzene rings is 1. The largest absolute Gasteiger partial charge is 0.424 e. The molecule has 4 nitrogen and oxygen atoms in total. The Morgan fingerprint density at radius 2 is 2.19 bits per heavy atom. The molecule has 0 aliphatic carbocycles. The number of anilines is 1. The summed E-state index contributed by atoms with van der Waals surface area (Å²) in [5.41, 5.74) is 2.13. The predicted octanol–water partition coefficient (Wildman–Crippen LogP) is 2.86. The molecule has 0 aliphatic heterocycles. The van der Waals surface area contributed by atoms with Crippen LogP contribution in [-0.2, 0) is 0 Å². The number of H-pyrrole nitrogens is 1. The molecule has 4 heteroatoms. The van der Waals surface area contributed by atoms with Crippen molar-refractivity contribution >= 4 is 16.9 Å². The first kappa shape index (κ1) is 9.03. The van der Waals surface area contributed by atoms with Crippen molar-refractivity contribution in [2.45, 2.75) is 0 Å². The zero-order valence-corrected chi connectivity index (χ0v) is 8.82. The molecule has 2 aromatic heterocycles. The molecule has 0 amide bonds. The van der Waals surface area contributed by atoms with Crippen LogP contribution >= 0.6 is 0 Å². The van der Waals surface area contributed by atoms with Gasteiger partial charge < -0.3 is 14.7 Å². The molecular formula is C12H11N3O. The fourth-order valence-electron chi connectivity index (χ4n) is 1.79. The quantitative estimate of drug-likeness (QED) is 0.688. The van der Waals surface area contributed by atoms with Crippen LogP contribution in [0, 0.1) is 0 Å². The molecule has 1 aromatic carbocycles. The van der Waals surface area contributed by atoms with E-state index in [-0.39, 0.29) is 0 Å². The lowest BCUT2D eigenvalue weighted by molar-refractivity contribution is 0.590. The summed E-state index contributed by atoms with van der Waals surface area (Å²) < 4.78 is 5.54. The van der Waals surface area contributed by atoms with Crippen LogP contribution in [0.2, 0.25) is 0 Å². The molecule has 0 aliphatic rings. The van der Waals surface area contributed by atoms with Crippen molar-refractivity contribution in [3.8, 4) is 11.3 Å². The lowest BCUT2D eigenvalue weighted by Gasteiger charge is -1.93. The van der Waals surface area contributed by atoms with Gasteiger partial charge in [-0.3, -0.25) is 0 Å². The Morgan fingerprint density at radius 3 is 3.00 bits per heavy atom. The van der Waals surface area contributed by atoms with Gasteiger partial charge in [-0.25, -0.2) is 4.98 Å². The van der Waals surface area contributed by atoms with Crippen LogP contribution in [0.3, 0.4) is 0 Å². The van der Waals surface area contributed by atoms with Crippen molar-refractivity contribution in [2.75, 3.05) is 12.4 Å². The van der Waals surface area contributed by atoms with Crippen LogP contribution in [0.15, 0.2) is 41.1 Å². The Balaban J connectivity index is 2.18. The lowest BCUT2D eigenvalue weighted by Crippen LogP contribution is -1.84. The number of fused-ring (bicyclic) bond motifs is 1. The summed E-state index contributed by atoms with van der Waals surface area (Å²) in [6.45, 7) is 0. The molecule has 0 bridgehead atoms. The van der Waals surface area contributed by atoms with E-state index in [4.69, 9.17) is 4.42 Å². The fourth-order valence-corrected chi connectivity index (χ4v) is 1.79. The average molecular weight is 213 g/mol. The van der Waals surface area contributed by atoms with E-state index in [0.717, 1.165) is 22.2 Å². The van der Waals surface area contributed by atoms with Crippen molar-refractivity contribution in [2.24, 2.45) is 0 Å². The number of nitrogens with zero attached hydrogens (tertiary/aromatic N) is 1. The second kappa shape index (κ2) is 3.41. The van der Waals surface area contributed by atoms with Gasteiger partial charge in [0, 0.05) is 29.7 Å². The molecule has 0 radical (unpaired) electrons. The maximum atomic E-state index is 5.54. The second-order valence-electron chi connectivity index (χ2n) is 3.53. The van der Waals surface area contributed by atoms with Gasteiger partial charge in [-0.1, -0.05) is 18.2 Å². The number of oxazole rings is 1. The van der Waals surface area contributed by atoms with E-state index in [0.29, 0.717) is 6.01 Å². The van der Waals surface area contributed by atoms with Crippen LogP contribution in [0.25, 0.3) is 22.2 Å². The third-order valence-corrected chi connectivity index (χ3v) is 2.57. The molecule has 0 unspecified atom stereocenters. The van der Waals surface area contributed by atoms with Gasteiger partial charge in [0.1, 0.15) is 0 Å². The molecular weight excluding hydrogens is 202 g/mol. The SMILES string of the molecule is CNc1ncc(-c2c[nH]c3ccccc23)o1. The molecule has 0 spiro atoms. The third kappa shape index (κ3) is 1.27. The summed E-state index contributed by atoms with van der Waals surface area (Å²) in [5.74, 6) is 0.766. The van der Waals surface area contributed by atoms with Crippen LogP contribution < -0.4 is 5.32 Å². The van der Waals surface area contributed by atoms with Gasteiger partial charge in [0.2, 0.25) is 0 Å². The predicted molar refractivity (Wildman–Crippen MR) is 63.3 cm³/mol. The summed E-state index contributed by atoms with van der Waals surface area (Å²) in [4.78, 5) is 7.31. The van der Waals surface area contributed by atoms with Crippen molar-refractivity contribution in [1.29, 1.82) is 0 Å². The number of rotatable bonds is 2. The first-order valence-electron chi connectivity index (χ1n) is 5.08. The first-order valence-corrected chi connectivity index (χ1v) is 5.08. The van der Waals surface area contributed by atoms with E-state index in [2.05, 4.69) is 21.4 Å². The summed E-state index contributed by atoms with van der Waals surface area (Å²) in [5, 5.41) is 4.01. The third-order valence-electron chi connectivity index (χ3n) is 2.57. The minimum Gasteiger partial charge on any atom is -0.424 e. The maximum Gasteiger partial charge on any atom is 0.294 e. The van der Waals surface area contributed by atoms with Crippen molar-refractivity contribution in [3.05, 3.63) is 36.7 Å². The zero-order chi connectivity index (χ0) is 11.0. The lowest BCUT2D eigenvalue weighted by atomic mass is 10.1. The number of hydrogen-bond acceptors (Lipinski definition) is 3. The van der Waals surface area contributed by atoms with Gasteiger partial charge in [-0.05, 0) is 6.07 Å². The highest BCUT2D eigenvalue weighted by atomic mass is 16.4. The van der Waals surface area contributed by atoms with Gasteiger partial charge in [0.15, 0.2) is 5.76 Å². The zero-order valence-electron chi connectivity index (χ0n) is 8.82. The molecule has 2 N–H and O–H groups in total. The van der Waals surface area contributed by atoms with Gasteiger partial charge in [0.05, 0.1) is 6.20 Å². The van der Waals surface area contributed by atoms with Gasteiger partial charge >= 0.3 is 0 Å². The molecule has 80 valence electrons. The second-order valence-corrected chi connectivity index (χ2v) is 3.53. The number of nitrogens with one attached hydrogen (secondary N) is 2. The molecule has 0 saturated carbocycles. The normalized spacial score (nSPS) is 10.8. The monoisotopic (exact) mass is 213 g/mol. The highest BCUT2D eigenvalue weighted by molar-refractivity contribution is 5.94. The average Bonchev–Trinajstić information content (AvgIpc) is 2.94. The Hall–Kier alpha value is -2.23. The summed E-state index contributed by atoms with van der Waals surface area (Å²) in [6, 6.07) is 8.63. The highest BCUT2D eigenvalue weighted by Gasteiger charge is 2.09. The van der Waals surface area contributed by atoms with Crippen molar-refractivity contribution in [1.82, 2.24) is 9.97 Å². The number of aromatic nitrogens is 2. The van der Waals surface area contributed by atoms with Gasteiger partial charge in [0.25, 0.3) is 6.01 Å². The van der Waals surface area contributed by atoms with E-state index in [1.807, 2.05) is 24.4 Å². The molecule has 2 heterocycles. The number of aromatic amines is 1. The van der Waals surface area contributed by atoms with E-state index in [1.54, 1.807) is 13.2 Å². The van der Waals surface area contributed by atoms with Gasteiger partial charge in [-0.2, -0.15) is 0 Å². The van der Waals surface area contributed by atoms with Crippen LogP contribution in [0.4, 0.5) is 6.01 Å². The fraction of sp³-hybridized carbons (Fsp3) is 0.0833. The Morgan fingerprint density at radius 1 is 1.31 bits per heavy atom.